The molecule has 0 atom stereocenters. The van der Waals surface area contributed by atoms with Crippen LogP contribution in [-0.4, -0.2) is 47.7 Å². The van der Waals surface area contributed by atoms with Crippen molar-refractivity contribution < 1.29 is 28.5 Å². The van der Waals surface area contributed by atoms with Gasteiger partial charge in [0.2, 0.25) is 11.8 Å². The molecule has 2 N–H and O–H groups in total. The van der Waals surface area contributed by atoms with E-state index >= 15 is 0 Å². The Morgan fingerprint density at radius 1 is 1.09 bits per heavy atom. The van der Waals surface area contributed by atoms with Gasteiger partial charge in [0, 0.05) is 22.9 Å². The van der Waals surface area contributed by atoms with E-state index in [1.54, 1.807) is 43.3 Å². The van der Waals surface area contributed by atoms with Gasteiger partial charge in [0.15, 0.2) is 0 Å². The molecule has 0 fully saturated rings. The second kappa shape index (κ2) is 11.5. The molecular formula is C24H24N4O7. The number of carbonyl (C=O) groups excluding carboxylic acids is 3. The number of ether oxygens (including phenoxy) is 1. The summed E-state index contributed by atoms with van der Waals surface area (Å²) in [6, 6.07) is 14.1. The van der Waals surface area contributed by atoms with E-state index in [1.807, 2.05) is 0 Å². The maximum Gasteiger partial charge on any atom is 0.273 e. The maximum absolute atomic E-state index is 13.1. The fourth-order valence-corrected chi connectivity index (χ4v) is 3.20. The van der Waals surface area contributed by atoms with Crippen LogP contribution in [0.5, 0.6) is 5.75 Å². The molecule has 0 aliphatic carbocycles. The lowest BCUT2D eigenvalue weighted by atomic mass is 10.1. The Balaban J connectivity index is 1.65. The van der Waals surface area contributed by atoms with Crippen molar-refractivity contribution in [3.8, 4) is 5.75 Å². The van der Waals surface area contributed by atoms with Crippen LogP contribution >= 0.6 is 0 Å². The van der Waals surface area contributed by atoms with Gasteiger partial charge >= 0.3 is 0 Å². The first-order valence-electron chi connectivity index (χ1n) is 10.5. The number of hydrogen-bond donors (Lipinski definition) is 2. The molecule has 0 aliphatic rings. The molecule has 0 aliphatic heterocycles. The van der Waals surface area contributed by atoms with Crippen molar-refractivity contribution in [2.75, 3.05) is 25.5 Å². The Hall–Kier alpha value is -4.67. The molecule has 3 amide bonds. The number of anilines is 1. The smallest absolute Gasteiger partial charge is 0.273 e. The van der Waals surface area contributed by atoms with Crippen LogP contribution in [0.2, 0.25) is 0 Å². The van der Waals surface area contributed by atoms with Gasteiger partial charge in [0.05, 0.1) is 31.4 Å². The van der Waals surface area contributed by atoms with Gasteiger partial charge < -0.3 is 24.7 Å². The number of amides is 3. The summed E-state index contributed by atoms with van der Waals surface area (Å²) in [6.07, 6.45) is 1.43. The Morgan fingerprint density at radius 3 is 2.46 bits per heavy atom. The molecule has 11 nitrogen and oxygen atoms in total. The van der Waals surface area contributed by atoms with Crippen LogP contribution in [0.4, 0.5) is 11.4 Å². The van der Waals surface area contributed by atoms with Gasteiger partial charge in [-0.05, 0) is 49.4 Å². The lowest BCUT2D eigenvalue weighted by Crippen LogP contribution is -2.42. The predicted octanol–water partition coefficient (Wildman–Crippen LogP) is 2.90. The highest BCUT2D eigenvalue weighted by Crippen LogP contribution is 2.21. The summed E-state index contributed by atoms with van der Waals surface area (Å²) in [5.74, 6) is -0.582. The number of methoxy groups -OCH3 is 1. The second-order valence-electron chi connectivity index (χ2n) is 7.55. The molecule has 0 spiro atoms. The Kier molecular flexibility index (Phi) is 8.17. The fraction of sp³-hybridized carbons (Fsp3) is 0.208. The summed E-state index contributed by atoms with van der Waals surface area (Å²) in [5, 5.41) is 16.4. The number of nitro benzene ring substituents is 1. The number of aryl methyl sites for hydroxylation is 1. The van der Waals surface area contributed by atoms with Crippen LogP contribution in [0.15, 0.2) is 65.3 Å². The summed E-state index contributed by atoms with van der Waals surface area (Å²) in [5.41, 5.74) is 0.790. The number of rotatable bonds is 10. The Labute approximate surface area is 200 Å². The summed E-state index contributed by atoms with van der Waals surface area (Å²) in [7, 11) is 1.53. The number of furan rings is 1. The molecule has 0 saturated heterocycles. The molecule has 11 heteroatoms. The van der Waals surface area contributed by atoms with Crippen molar-refractivity contribution in [3.63, 3.8) is 0 Å². The first-order chi connectivity index (χ1) is 16.8. The average molecular weight is 480 g/mol. The monoisotopic (exact) mass is 480 g/mol. The highest BCUT2D eigenvalue weighted by atomic mass is 16.6. The molecule has 3 rings (SSSR count). The average Bonchev–Trinajstić information content (AvgIpc) is 3.36. The first kappa shape index (κ1) is 25.0. The number of hydrogen-bond acceptors (Lipinski definition) is 7. The van der Waals surface area contributed by atoms with Gasteiger partial charge in [0.25, 0.3) is 11.6 Å². The van der Waals surface area contributed by atoms with Crippen molar-refractivity contribution in [1.29, 1.82) is 0 Å². The van der Waals surface area contributed by atoms with Crippen molar-refractivity contribution in [2.24, 2.45) is 0 Å². The van der Waals surface area contributed by atoms with Gasteiger partial charge in [-0.25, -0.2) is 0 Å². The van der Waals surface area contributed by atoms with E-state index in [1.165, 1.54) is 36.5 Å². The lowest BCUT2D eigenvalue weighted by Gasteiger charge is -2.21. The van der Waals surface area contributed by atoms with Crippen LogP contribution < -0.4 is 15.4 Å². The molecule has 0 radical (unpaired) electrons. The zero-order chi connectivity index (χ0) is 25.4. The highest BCUT2D eigenvalue weighted by molar-refractivity contribution is 5.98. The molecule has 3 aromatic rings. The predicted molar refractivity (Wildman–Crippen MR) is 126 cm³/mol. The van der Waals surface area contributed by atoms with E-state index in [0.717, 1.165) is 0 Å². The van der Waals surface area contributed by atoms with Gasteiger partial charge in [-0.3, -0.25) is 24.5 Å². The first-order valence-corrected chi connectivity index (χ1v) is 10.5. The van der Waals surface area contributed by atoms with Gasteiger partial charge in [-0.15, -0.1) is 0 Å². The number of nitro groups is 1. The molecular weight excluding hydrogens is 456 g/mol. The molecule has 0 bridgehead atoms. The van der Waals surface area contributed by atoms with Crippen LogP contribution in [0, 0.1) is 17.0 Å². The van der Waals surface area contributed by atoms with Crippen LogP contribution in [0.1, 0.15) is 21.7 Å². The standard InChI is InChI=1S/C24H24N4O7/c1-16-5-6-17(12-21(16)28(32)33)24(31)27(14-20-4-3-11-35-20)15-23(30)25-13-22(29)26-18-7-9-19(34-2)10-8-18/h3-12H,13-15H2,1-2H3,(H,25,30)(H,26,29). The topological polar surface area (TPSA) is 144 Å². The quantitative estimate of drug-likeness (QED) is 0.335. The zero-order valence-electron chi connectivity index (χ0n) is 19.1. The number of nitrogens with one attached hydrogen (secondary N) is 2. The molecule has 182 valence electrons. The molecule has 2 aromatic carbocycles. The molecule has 1 aromatic heterocycles. The van der Waals surface area contributed by atoms with E-state index in [0.29, 0.717) is 22.8 Å². The molecule has 0 saturated carbocycles. The van der Waals surface area contributed by atoms with E-state index in [-0.39, 0.29) is 24.3 Å². The highest BCUT2D eigenvalue weighted by Gasteiger charge is 2.23. The summed E-state index contributed by atoms with van der Waals surface area (Å²) < 4.78 is 10.3. The third-order valence-electron chi connectivity index (χ3n) is 5.02. The van der Waals surface area contributed by atoms with Crippen molar-refractivity contribution in [1.82, 2.24) is 10.2 Å². The minimum Gasteiger partial charge on any atom is -0.497 e. The van der Waals surface area contributed by atoms with Crippen LogP contribution in [0.25, 0.3) is 0 Å². The van der Waals surface area contributed by atoms with Crippen molar-refractivity contribution in [3.05, 3.63) is 87.9 Å². The number of nitrogens with zero attached hydrogens (tertiary/aromatic N) is 2. The van der Waals surface area contributed by atoms with Crippen LogP contribution in [-0.2, 0) is 16.1 Å². The van der Waals surface area contributed by atoms with Gasteiger partial charge in [0.1, 0.15) is 18.1 Å². The molecule has 1 heterocycles. The van der Waals surface area contributed by atoms with Gasteiger partial charge in [-0.1, -0.05) is 6.07 Å². The third-order valence-corrected chi connectivity index (χ3v) is 5.02. The lowest BCUT2D eigenvalue weighted by molar-refractivity contribution is -0.385. The minimum absolute atomic E-state index is 0.0427. The second-order valence-corrected chi connectivity index (χ2v) is 7.55. The SMILES string of the molecule is COc1ccc(NC(=O)CNC(=O)CN(Cc2ccco2)C(=O)c2ccc(C)c([N+](=O)[O-])c2)cc1. The molecule has 0 unspecified atom stereocenters. The third kappa shape index (κ3) is 6.90. The largest absolute Gasteiger partial charge is 0.497 e. The fourth-order valence-electron chi connectivity index (χ4n) is 3.20. The van der Waals surface area contributed by atoms with E-state index in [4.69, 9.17) is 9.15 Å². The number of benzene rings is 2. The Bertz CT molecular complexity index is 1210. The summed E-state index contributed by atoms with van der Waals surface area (Å²) in [6.45, 7) is 0.817. The van der Waals surface area contributed by atoms with Crippen LogP contribution in [0.3, 0.4) is 0 Å². The summed E-state index contributed by atoms with van der Waals surface area (Å²) >= 11 is 0. The minimum atomic E-state index is -0.595. The van der Waals surface area contributed by atoms with Gasteiger partial charge in [-0.2, -0.15) is 0 Å². The van der Waals surface area contributed by atoms with Crippen molar-refractivity contribution in [2.45, 2.75) is 13.5 Å². The normalized spacial score (nSPS) is 10.3. The maximum atomic E-state index is 13.1. The van der Waals surface area contributed by atoms with E-state index < -0.39 is 29.2 Å². The molecule has 35 heavy (non-hydrogen) atoms. The summed E-state index contributed by atoms with van der Waals surface area (Å²) in [4.78, 5) is 49.7. The number of carbonyl (C=O) groups is 3. The van der Waals surface area contributed by atoms with E-state index in [9.17, 15) is 24.5 Å². The van der Waals surface area contributed by atoms with Crippen molar-refractivity contribution >= 4 is 29.1 Å². The Morgan fingerprint density at radius 2 is 1.83 bits per heavy atom. The zero-order valence-corrected chi connectivity index (χ0v) is 19.1. The van der Waals surface area contributed by atoms with E-state index in [2.05, 4.69) is 10.6 Å².